The first kappa shape index (κ1) is 21.3. The zero-order valence-electron chi connectivity index (χ0n) is 16.5. The summed E-state index contributed by atoms with van der Waals surface area (Å²) in [4.78, 5) is 7.64. The Bertz CT molecular complexity index is 1160. The number of sulfonamides is 1. The minimum atomic E-state index is -4.52. The third-order valence-electron chi connectivity index (χ3n) is 5.22. The Kier molecular flexibility index (Phi) is 5.48. The molecule has 0 bridgehead atoms. The maximum Gasteiger partial charge on any atom is 0.417 e. The molecule has 1 N–H and O–H groups in total. The molecule has 11 heteroatoms. The van der Waals surface area contributed by atoms with Gasteiger partial charge in [0.2, 0.25) is 0 Å². The van der Waals surface area contributed by atoms with Gasteiger partial charge >= 0.3 is 6.18 Å². The lowest BCUT2D eigenvalue weighted by molar-refractivity contribution is -0.137. The van der Waals surface area contributed by atoms with Gasteiger partial charge in [-0.3, -0.25) is 4.98 Å². The molecular weight excluding hydrogens is 431 g/mol. The molecule has 1 aliphatic heterocycles. The highest BCUT2D eigenvalue weighted by molar-refractivity contribution is 7.89. The lowest BCUT2D eigenvalue weighted by Gasteiger charge is -2.21. The Morgan fingerprint density at radius 3 is 2.52 bits per heavy atom. The summed E-state index contributed by atoms with van der Waals surface area (Å²) in [5.74, 6) is -0.269. The number of pyridine rings is 1. The summed E-state index contributed by atoms with van der Waals surface area (Å²) in [5, 5.41) is 3.00. The fourth-order valence-corrected chi connectivity index (χ4v) is 5.15. The minimum Gasteiger partial charge on any atom is -0.379 e. The summed E-state index contributed by atoms with van der Waals surface area (Å²) in [7, 11) is -2.18. The molecule has 0 aliphatic carbocycles. The van der Waals surface area contributed by atoms with Crippen LogP contribution in [0.25, 0.3) is 0 Å². The molecule has 2 aromatic heterocycles. The van der Waals surface area contributed by atoms with Crippen molar-refractivity contribution in [2.75, 3.05) is 18.4 Å². The van der Waals surface area contributed by atoms with E-state index in [2.05, 4.69) is 15.3 Å². The van der Waals surface area contributed by atoms with Gasteiger partial charge < -0.3 is 9.88 Å². The van der Waals surface area contributed by atoms with Crippen LogP contribution in [-0.4, -0.2) is 46.4 Å². The van der Waals surface area contributed by atoms with Crippen LogP contribution in [0.5, 0.6) is 0 Å². The molecule has 1 fully saturated rings. The van der Waals surface area contributed by atoms with Crippen molar-refractivity contribution < 1.29 is 21.6 Å². The van der Waals surface area contributed by atoms with Gasteiger partial charge in [0, 0.05) is 50.7 Å². The number of nitrogens with one attached hydrogen (secondary N) is 1. The van der Waals surface area contributed by atoms with Crippen molar-refractivity contribution in [2.45, 2.75) is 23.2 Å². The smallest absolute Gasteiger partial charge is 0.379 e. The molecule has 4 rings (SSSR count). The topological polar surface area (TPSA) is 80.1 Å². The van der Waals surface area contributed by atoms with Crippen LogP contribution in [0.1, 0.15) is 17.0 Å². The Morgan fingerprint density at radius 1 is 1.13 bits per heavy atom. The predicted molar refractivity (Wildman–Crippen MR) is 108 cm³/mol. The van der Waals surface area contributed by atoms with Crippen molar-refractivity contribution in [3.8, 4) is 0 Å². The average Bonchev–Trinajstić information content (AvgIpc) is 3.36. The Balaban J connectivity index is 1.65. The fraction of sp³-hybridized carbons (Fsp3) is 0.300. The van der Waals surface area contributed by atoms with Gasteiger partial charge in [0.25, 0.3) is 10.0 Å². The Labute approximate surface area is 177 Å². The molecule has 3 heterocycles. The minimum absolute atomic E-state index is 0.0665. The van der Waals surface area contributed by atoms with Crippen molar-refractivity contribution in [1.29, 1.82) is 0 Å². The van der Waals surface area contributed by atoms with Crippen LogP contribution in [0.2, 0.25) is 0 Å². The molecule has 0 saturated carbocycles. The normalized spacial score (nSPS) is 20.1. The van der Waals surface area contributed by atoms with E-state index in [1.54, 1.807) is 11.6 Å². The van der Waals surface area contributed by atoms with Gasteiger partial charge in [-0.25, -0.2) is 13.4 Å². The standard InChI is InChI=1S/C20H20F3N5O2S/c1-27-12-19(25-13-27)31(29,30)28-10-17(14-5-3-2-4-6-14)18(11-28)26-16-7-15(8-24-9-16)20(21,22)23/h2-9,12-13,17-18,26H,10-11H2,1H3/t17-,18+/m0/s1. The van der Waals surface area contributed by atoms with Crippen molar-refractivity contribution in [1.82, 2.24) is 18.8 Å². The van der Waals surface area contributed by atoms with Gasteiger partial charge in [-0.05, 0) is 11.6 Å². The number of halogens is 3. The van der Waals surface area contributed by atoms with Crippen molar-refractivity contribution in [3.05, 3.63) is 72.4 Å². The number of hydrogen-bond donors (Lipinski definition) is 1. The summed E-state index contributed by atoms with van der Waals surface area (Å²) in [6.45, 7) is 0.252. The molecule has 3 aromatic rings. The lowest BCUT2D eigenvalue weighted by Crippen LogP contribution is -2.32. The first-order valence-corrected chi connectivity index (χ1v) is 10.9. The summed E-state index contributed by atoms with van der Waals surface area (Å²) >= 11 is 0. The second kappa shape index (κ2) is 7.97. The number of rotatable bonds is 5. The molecule has 1 saturated heterocycles. The Hall–Kier alpha value is -2.92. The van der Waals surface area contributed by atoms with E-state index in [1.165, 1.54) is 23.0 Å². The first-order valence-electron chi connectivity index (χ1n) is 9.46. The van der Waals surface area contributed by atoms with E-state index in [0.29, 0.717) is 0 Å². The fourth-order valence-electron chi connectivity index (χ4n) is 3.69. The van der Waals surface area contributed by atoms with Crippen LogP contribution in [0, 0.1) is 0 Å². The molecule has 1 aliphatic rings. The van der Waals surface area contributed by atoms with E-state index in [-0.39, 0.29) is 29.7 Å². The molecular formula is C20H20F3N5O2S. The number of aryl methyl sites for hydroxylation is 1. The zero-order valence-corrected chi connectivity index (χ0v) is 17.3. The van der Waals surface area contributed by atoms with Crippen LogP contribution in [-0.2, 0) is 23.2 Å². The predicted octanol–water partition coefficient (Wildman–Crippen LogP) is 3.10. The number of imidazole rings is 1. The van der Waals surface area contributed by atoms with E-state index in [9.17, 15) is 21.6 Å². The number of anilines is 1. The van der Waals surface area contributed by atoms with E-state index < -0.39 is 27.8 Å². The van der Waals surface area contributed by atoms with Crippen molar-refractivity contribution >= 4 is 15.7 Å². The van der Waals surface area contributed by atoms with Crippen molar-refractivity contribution in [2.24, 2.45) is 7.05 Å². The largest absolute Gasteiger partial charge is 0.417 e. The van der Waals surface area contributed by atoms with Crippen molar-refractivity contribution in [3.63, 3.8) is 0 Å². The van der Waals surface area contributed by atoms with Crippen LogP contribution < -0.4 is 5.32 Å². The SMILES string of the molecule is Cn1cnc(S(=O)(=O)N2C[C@@H](Nc3cncc(C(F)(F)F)c3)[C@H](c3ccccc3)C2)c1. The number of alkyl halides is 3. The lowest BCUT2D eigenvalue weighted by atomic mass is 9.94. The molecule has 0 radical (unpaired) electrons. The summed E-state index contributed by atoms with van der Waals surface area (Å²) in [5.41, 5.74) is 0.196. The quantitative estimate of drug-likeness (QED) is 0.645. The van der Waals surface area contributed by atoms with Gasteiger partial charge in [-0.1, -0.05) is 30.3 Å². The molecule has 2 atom stereocenters. The molecule has 1 aromatic carbocycles. The van der Waals surface area contributed by atoms with Gasteiger partial charge in [0.05, 0.1) is 17.6 Å². The van der Waals surface area contributed by atoms with Crippen LogP contribution in [0.15, 0.2) is 66.3 Å². The molecule has 0 amide bonds. The molecule has 0 unspecified atom stereocenters. The van der Waals surface area contributed by atoms with Crippen LogP contribution >= 0.6 is 0 Å². The number of benzene rings is 1. The second-order valence-electron chi connectivity index (χ2n) is 7.43. The van der Waals surface area contributed by atoms with Crippen LogP contribution in [0.4, 0.5) is 18.9 Å². The summed E-state index contributed by atoms with van der Waals surface area (Å²) in [6.07, 6.45) is 0.360. The van der Waals surface area contributed by atoms with Gasteiger partial charge in [-0.2, -0.15) is 17.5 Å². The molecule has 164 valence electrons. The highest BCUT2D eigenvalue weighted by Gasteiger charge is 2.41. The molecule has 7 nitrogen and oxygen atoms in total. The van der Waals surface area contributed by atoms with E-state index >= 15 is 0 Å². The van der Waals surface area contributed by atoms with Gasteiger partial charge in [0.15, 0.2) is 5.03 Å². The van der Waals surface area contributed by atoms with Gasteiger partial charge in [-0.15, -0.1) is 0 Å². The maximum atomic E-state index is 13.1. The third-order valence-corrected chi connectivity index (χ3v) is 6.93. The van der Waals surface area contributed by atoms with E-state index in [0.717, 1.165) is 17.8 Å². The number of hydrogen-bond acceptors (Lipinski definition) is 5. The Morgan fingerprint density at radius 2 is 1.87 bits per heavy atom. The monoisotopic (exact) mass is 451 g/mol. The maximum absolute atomic E-state index is 13.1. The number of nitrogens with zero attached hydrogens (tertiary/aromatic N) is 4. The first-order chi connectivity index (χ1) is 14.6. The van der Waals surface area contributed by atoms with E-state index in [1.807, 2.05) is 30.3 Å². The second-order valence-corrected chi connectivity index (χ2v) is 9.31. The van der Waals surface area contributed by atoms with Crippen LogP contribution in [0.3, 0.4) is 0 Å². The molecule has 0 spiro atoms. The van der Waals surface area contributed by atoms with E-state index in [4.69, 9.17) is 0 Å². The summed E-state index contributed by atoms with van der Waals surface area (Å²) in [6, 6.07) is 9.81. The highest BCUT2D eigenvalue weighted by atomic mass is 32.2. The molecule has 31 heavy (non-hydrogen) atoms. The summed E-state index contributed by atoms with van der Waals surface area (Å²) < 4.78 is 68.2. The zero-order chi connectivity index (χ0) is 22.2. The van der Waals surface area contributed by atoms with Gasteiger partial charge in [0.1, 0.15) is 0 Å². The number of aromatic nitrogens is 3. The highest BCUT2D eigenvalue weighted by Crippen LogP contribution is 2.34. The third kappa shape index (κ3) is 4.42. The average molecular weight is 451 g/mol.